The maximum atomic E-state index is 14.8. The Morgan fingerprint density at radius 2 is 1.54 bits per heavy atom. The molecule has 41 heavy (non-hydrogen) atoms. The third-order valence-corrected chi connectivity index (χ3v) is 10.6. The molecule has 2 aromatic carbocycles. The van der Waals surface area contributed by atoms with E-state index in [1.807, 2.05) is 36.7 Å². The van der Waals surface area contributed by atoms with Gasteiger partial charge in [0.05, 0.1) is 35.0 Å². The number of benzene rings is 2. The van der Waals surface area contributed by atoms with Crippen LogP contribution in [0.5, 0.6) is 0 Å². The minimum atomic E-state index is -3.31. The monoisotopic (exact) mass is 572 g/mol. The van der Waals surface area contributed by atoms with Crippen molar-refractivity contribution >= 4 is 15.4 Å². The lowest BCUT2D eigenvalue weighted by Crippen LogP contribution is -2.12. The first-order chi connectivity index (χ1) is 19.8. The Bertz CT molecular complexity index is 1870. The summed E-state index contributed by atoms with van der Waals surface area (Å²) in [6, 6.07) is 13.2. The maximum absolute atomic E-state index is 14.8. The number of hydrogen-bond donors (Lipinski definition) is 0. The number of pyridine rings is 1. The molecule has 210 valence electrons. The van der Waals surface area contributed by atoms with Crippen molar-refractivity contribution in [1.82, 2.24) is 19.4 Å². The molecule has 0 spiro atoms. The SMILES string of the molecule is O=S(=O)(Cc1cc(-c2ccc(F)cc2F)cc(-c2cnn3cc(-c4cnn(C5CCCCC5)c4)ccc23)c1)C1CC1. The first-order valence-electron chi connectivity index (χ1n) is 14.2. The van der Waals surface area contributed by atoms with Gasteiger partial charge in [0.15, 0.2) is 9.84 Å². The summed E-state index contributed by atoms with van der Waals surface area (Å²) in [4.78, 5) is 0. The number of fused-ring (bicyclic) bond motifs is 1. The summed E-state index contributed by atoms with van der Waals surface area (Å²) in [6.45, 7) is 0. The highest BCUT2D eigenvalue weighted by atomic mass is 32.2. The lowest BCUT2D eigenvalue weighted by molar-refractivity contribution is 0.329. The van der Waals surface area contributed by atoms with Crippen LogP contribution < -0.4 is 0 Å². The van der Waals surface area contributed by atoms with E-state index < -0.39 is 21.5 Å². The lowest BCUT2D eigenvalue weighted by atomic mass is 9.96. The fourth-order valence-electron chi connectivity index (χ4n) is 6.00. The Morgan fingerprint density at radius 3 is 2.29 bits per heavy atom. The van der Waals surface area contributed by atoms with E-state index in [9.17, 15) is 17.2 Å². The van der Waals surface area contributed by atoms with Crippen molar-refractivity contribution in [3.63, 3.8) is 0 Å². The second-order valence-electron chi connectivity index (χ2n) is 11.4. The van der Waals surface area contributed by atoms with E-state index in [2.05, 4.69) is 21.1 Å². The molecule has 5 aromatic rings. The Balaban J connectivity index is 1.27. The zero-order valence-corrected chi connectivity index (χ0v) is 23.3. The second-order valence-corrected chi connectivity index (χ2v) is 13.6. The van der Waals surface area contributed by atoms with E-state index in [-0.39, 0.29) is 16.6 Å². The van der Waals surface area contributed by atoms with Crippen molar-refractivity contribution < 1.29 is 17.2 Å². The largest absolute Gasteiger partial charge is 0.269 e. The van der Waals surface area contributed by atoms with Crippen molar-refractivity contribution in [1.29, 1.82) is 0 Å². The molecule has 2 fully saturated rings. The van der Waals surface area contributed by atoms with Gasteiger partial charge in [-0.15, -0.1) is 0 Å². The Hall–Kier alpha value is -3.85. The molecule has 2 saturated carbocycles. The summed E-state index contributed by atoms with van der Waals surface area (Å²) in [7, 11) is -3.31. The Kier molecular flexibility index (Phi) is 6.49. The molecule has 6 nitrogen and oxygen atoms in total. The van der Waals surface area contributed by atoms with Gasteiger partial charge in [-0.05, 0) is 78.8 Å². The maximum Gasteiger partial charge on any atom is 0.157 e. The fraction of sp³-hybridized carbons (Fsp3) is 0.312. The van der Waals surface area contributed by atoms with Gasteiger partial charge >= 0.3 is 0 Å². The van der Waals surface area contributed by atoms with Crippen LogP contribution >= 0.6 is 0 Å². The van der Waals surface area contributed by atoms with Crippen molar-refractivity contribution in [3.8, 4) is 33.4 Å². The molecule has 0 unspecified atom stereocenters. The molecule has 0 amide bonds. The topological polar surface area (TPSA) is 69.3 Å². The van der Waals surface area contributed by atoms with E-state index in [1.165, 1.54) is 31.4 Å². The zero-order valence-electron chi connectivity index (χ0n) is 22.5. The van der Waals surface area contributed by atoms with Crippen LogP contribution in [0.3, 0.4) is 0 Å². The number of aromatic nitrogens is 4. The normalized spacial score (nSPS) is 16.4. The fourth-order valence-corrected chi connectivity index (χ4v) is 7.72. The number of nitrogens with zero attached hydrogens (tertiary/aromatic N) is 4. The average molecular weight is 573 g/mol. The predicted molar refractivity (Wildman–Crippen MR) is 155 cm³/mol. The Morgan fingerprint density at radius 1 is 0.756 bits per heavy atom. The summed E-state index contributed by atoms with van der Waals surface area (Å²) < 4.78 is 58.1. The van der Waals surface area contributed by atoms with E-state index in [4.69, 9.17) is 0 Å². The summed E-state index contributed by atoms with van der Waals surface area (Å²) in [5.74, 6) is -1.49. The van der Waals surface area contributed by atoms with Crippen LogP contribution in [0.2, 0.25) is 0 Å². The summed E-state index contributed by atoms with van der Waals surface area (Å²) in [5, 5.41) is 8.93. The molecule has 3 heterocycles. The van der Waals surface area contributed by atoms with Crippen LogP contribution in [0.25, 0.3) is 38.9 Å². The summed E-state index contributed by atoms with van der Waals surface area (Å²) in [5.41, 5.74) is 5.65. The molecule has 9 heteroatoms. The first-order valence-corrected chi connectivity index (χ1v) is 15.9. The second kappa shape index (κ2) is 10.2. The van der Waals surface area contributed by atoms with Crippen molar-refractivity contribution in [2.45, 2.75) is 62.0 Å². The summed E-state index contributed by atoms with van der Waals surface area (Å²) >= 11 is 0. The first kappa shape index (κ1) is 26.1. The molecule has 0 aliphatic heterocycles. The molecule has 7 rings (SSSR count). The third-order valence-electron chi connectivity index (χ3n) is 8.35. The van der Waals surface area contributed by atoms with Gasteiger partial charge in [-0.1, -0.05) is 25.3 Å². The molecular weight excluding hydrogens is 542 g/mol. The molecular formula is C32H30F2N4O2S. The highest BCUT2D eigenvalue weighted by Crippen LogP contribution is 2.36. The standard InChI is InChI=1S/C32H30F2N4O2S/c33-26-7-10-29(31(34)15-26)23-12-21(20-41(39,40)28-8-9-28)13-24(14-23)30-17-36-38-18-22(6-11-32(30)38)25-16-35-37(19-25)27-4-2-1-3-5-27/h6-7,10-19,27-28H,1-5,8-9,20H2. The molecule has 0 bridgehead atoms. The molecule has 2 aliphatic carbocycles. The van der Waals surface area contributed by atoms with Gasteiger partial charge in [0, 0.05) is 40.7 Å². The van der Waals surface area contributed by atoms with Crippen molar-refractivity contribution in [2.75, 3.05) is 0 Å². The van der Waals surface area contributed by atoms with Gasteiger partial charge in [0.2, 0.25) is 0 Å². The lowest BCUT2D eigenvalue weighted by Gasteiger charge is -2.21. The molecule has 0 N–H and O–H groups in total. The zero-order chi connectivity index (χ0) is 28.1. The number of hydrogen-bond acceptors (Lipinski definition) is 4. The van der Waals surface area contributed by atoms with Crippen LogP contribution in [0.1, 0.15) is 56.6 Å². The number of halogens is 2. The average Bonchev–Trinajstić information content (AvgIpc) is 3.57. The van der Waals surface area contributed by atoms with Gasteiger partial charge < -0.3 is 0 Å². The molecule has 2 aliphatic rings. The van der Waals surface area contributed by atoms with E-state index in [1.54, 1.807) is 16.8 Å². The van der Waals surface area contributed by atoms with E-state index in [0.717, 1.165) is 46.7 Å². The van der Waals surface area contributed by atoms with Crippen LogP contribution in [0, 0.1) is 11.6 Å². The smallest absolute Gasteiger partial charge is 0.157 e. The molecule has 3 aromatic heterocycles. The van der Waals surface area contributed by atoms with Crippen LogP contribution in [0.15, 0.2) is 73.3 Å². The number of rotatable bonds is 7. The van der Waals surface area contributed by atoms with Gasteiger partial charge in [-0.3, -0.25) is 4.68 Å². The highest BCUT2D eigenvalue weighted by Gasteiger charge is 2.35. The predicted octanol–water partition coefficient (Wildman–Crippen LogP) is 7.39. The quantitative estimate of drug-likeness (QED) is 0.204. The minimum absolute atomic E-state index is 0.129. The van der Waals surface area contributed by atoms with Gasteiger partial charge in [0.1, 0.15) is 11.6 Å². The van der Waals surface area contributed by atoms with Crippen LogP contribution in [-0.2, 0) is 15.6 Å². The van der Waals surface area contributed by atoms with E-state index in [0.29, 0.717) is 30.0 Å². The molecule has 0 saturated heterocycles. The molecule has 0 atom stereocenters. The number of sulfone groups is 1. The highest BCUT2D eigenvalue weighted by molar-refractivity contribution is 7.91. The van der Waals surface area contributed by atoms with Gasteiger partial charge in [0.25, 0.3) is 0 Å². The third kappa shape index (κ3) is 5.19. The van der Waals surface area contributed by atoms with Crippen LogP contribution in [-0.4, -0.2) is 33.1 Å². The Labute approximate surface area is 237 Å². The minimum Gasteiger partial charge on any atom is -0.269 e. The van der Waals surface area contributed by atoms with Crippen LogP contribution in [0.4, 0.5) is 8.78 Å². The van der Waals surface area contributed by atoms with Crippen molar-refractivity contribution in [2.24, 2.45) is 0 Å². The van der Waals surface area contributed by atoms with Gasteiger partial charge in [-0.25, -0.2) is 21.7 Å². The van der Waals surface area contributed by atoms with Crippen molar-refractivity contribution in [3.05, 3.63) is 90.5 Å². The molecule has 0 radical (unpaired) electrons. The van der Waals surface area contributed by atoms with E-state index >= 15 is 0 Å². The summed E-state index contributed by atoms with van der Waals surface area (Å²) in [6.07, 6.45) is 15.2. The van der Waals surface area contributed by atoms with Gasteiger partial charge in [-0.2, -0.15) is 10.2 Å².